The van der Waals surface area contributed by atoms with E-state index in [1.165, 1.54) is 6.07 Å². The van der Waals surface area contributed by atoms with Gasteiger partial charge in [0.25, 0.3) is 0 Å². The van der Waals surface area contributed by atoms with Crippen LogP contribution in [0.2, 0.25) is 0 Å². The van der Waals surface area contributed by atoms with E-state index in [2.05, 4.69) is 54.2 Å². The van der Waals surface area contributed by atoms with Gasteiger partial charge in [0.1, 0.15) is 5.82 Å². The Morgan fingerprint density at radius 1 is 1.09 bits per heavy atom. The van der Waals surface area contributed by atoms with Crippen LogP contribution in [0.15, 0.2) is 55.1 Å². The van der Waals surface area contributed by atoms with E-state index in [0.29, 0.717) is 11.3 Å². The number of urea groups is 1. The first-order chi connectivity index (χ1) is 15.7. The summed E-state index contributed by atoms with van der Waals surface area (Å²) in [5, 5.41) is 13.5. The largest absolute Gasteiger partial charge is 0.323 e. The van der Waals surface area contributed by atoms with E-state index in [-0.39, 0.29) is 11.1 Å². The van der Waals surface area contributed by atoms with Crippen molar-refractivity contribution in [2.75, 3.05) is 10.6 Å². The number of carbonyl (C=O) groups excluding carboxylic acids is 1. The highest BCUT2D eigenvalue weighted by molar-refractivity contribution is 6.01. The van der Waals surface area contributed by atoms with Crippen LogP contribution in [0.25, 0.3) is 28.2 Å². The molecule has 0 aliphatic heterocycles. The van der Waals surface area contributed by atoms with Gasteiger partial charge in [-0.1, -0.05) is 45.5 Å². The summed E-state index contributed by atoms with van der Waals surface area (Å²) < 4.78 is 13.9. The predicted octanol–water partition coefficient (Wildman–Crippen LogP) is 6.66. The van der Waals surface area contributed by atoms with Crippen LogP contribution in [0.1, 0.15) is 37.7 Å². The number of H-pyrrole nitrogens is 1. The van der Waals surface area contributed by atoms with Gasteiger partial charge in [-0.2, -0.15) is 5.10 Å². The number of hydrogen-bond donors (Lipinski definition) is 3. The molecule has 2 amide bonds. The number of benzene rings is 2. The van der Waals surface area contributed by atoms with Crippen molar-refractivity contribution in [1.82, 2.24) is 15.2 Å². The Balaban J connectivity index is 1.63. The van der Waals surface area contributed by atoms with Crippen molar-refractivity contribution in [2.45, 2.75) is 33.1 Å². The van der Waals surface area contributed by atoms with Gasteiger partial charge in [-0.3, -0.25) is 5.10 Å². The summed E-state index contributed by atoms with van der Waals surface area (Å²) in [5.74, 6) is -0.486. The molecule has 0 fully saturated rings. The predicted molar refractivity (Wildman–Crippen MR) is 132 cm³/mol. The first-order valence-electron chi connectivity index (χ1n) is 10.6. The maximum Gasteiger partial charge on any atom is 0.323 e. The Hall–Kier alpha value is -4.00. The fourth-order valence-electron chi connectivity index (χ4n) is 3.57. The molecule has 2 aromatic carbocycles. The SMILES string of the molecule is C=Cc1n[nH]c2nc(C(C)(C)C)cc(-c3ccc(NC(=O)Nc4cc(C)ccc4F)cc3)c12. The van der Waals surface area contributed by atoms with Gasteiger partial charge in [-0.05, 0) is 60.0 Å². The highest BCUT2D eigenvalue weighted by atomic mass is 19.1. The number of halogens is 1. The third kappa shape index (κ3) is 4.62. The van der Waals surface area contributed by atoms with Crippen molar-refractivity contribution < 1.29 is 9.18 Å². The molecule has 2 heterocycles. The topological polar surface area (TPSA) is 82.7 Å². The average Bonchev–Trinajstić information content (AvgIpc) is 3.19. The quantitative estimate of drug-likeness (QED) is 0.330. The molecule has 3 N–H and O–H groups in total. The molecule has 0 saturated heterocycles. The molecule has 0 aliphatic rings. The number of anilines is 2. The molecule has 0 unspecified atom stereocenters. The number of fused-ring (bicyclic) bond motifs is 1. The first kappa shape index (κ1) is 22.2. The average molecular weight is 444 g/mol. The van der Waals surface area contributed by atoms with E-state index in [0.717, 1.165) is 33.5 Å². The molecule has 4 rings (SSSR count). The number of nitrogens with zero attached hydrogens (tertiary/aromatic N) is 2. The number of aromatic amines is 1. The number of aromatic nitrogens is 3. The van der Waals surface area contributed by atoms with Gasteiger partial charge in [-0.25, -0.2) is 14.2 Å². The van der Waals surface area contributed by atoms with Gasteiger partial charge >= 0.3 is 6.03 Å². The number of amides is 2. The molecule has 4 aromatic rings. The van der Waals surface area contributed by atoms with E-state index in [9.17, 15) is 9.18 Å². The maximum absolute atomic E-state index is 13.9. The number of rotatable bonds is 4. The molecule has 0 atom stereocenters. The highest BCUT2D eigenvalue weighted by Crippen LogP contribution is 2.34. The summed E-state index contributed by atoms with van der Waals surface area (Å²) in [6.07, 6.45) is 1.70. The lowest BCUT2D eigenvalue weighted by Crippen LogP contribution is -2.20. The summed E-state index contributed by atoms with van der Waals surface area (Å²) in [6.45, 7) is 12.0. The lowest BCUT2D eigenvalue weighted by Gasteiger charge is -2.19. The Kier molecular flexibility index (Phi) is 5.72. The van der Waals surface area contributed by atoms with E-state index < -0.39 is 11.8 Å². The number of pyridine rings is 1. The molecule has 6 nitrogen and oxygen atoms in total. The van der Waals surface area contributed by atoms with Gasteiger partial charge in [0.05, 0.1) is 16.8 Å². The molecular weight excluding hydrogens is 417 g/mol. The lowest BCUT2D eigenvalue weighted by atomic mass is 9.89. The Bertz CT molecular complexity index is 1350. The third-order valence-corrected chi connectivity index (χ3v) is 5.34. The van der Waals surface area contributed by atoms with Crippen LogP contribution in [0, 0.1) is 12.7 Å². The van der Waals surface area contributed by atoms with Crippen molar-refractivity contribution in [3.63, 3.8) is 0 Å². The van der Waals surface area contributed by atoms with Crippen LogP contribution in [0.4, 0.5) is 20.6 Å². The van der Waals surface area contributed by atoms with Crippen molar-refractivity contribution in [1.29, 1.82) is 0 Å². The molecular formula is C26H26FN5O. The van der Waals surface area contributed by atoms with Gasteiger partial charge in [0.2, 0.25) is 0 Å². The van der Waals surface area contributed by atoms with E-state index >= 15 is 0 Å². The zero-order valence-electron chi connectivity index (χ0n) is 19.1. The van der Waals surface area contributed by atoms with Crippen LogP contribution in [-0.4, -0.2) is 21.2 Å². The fraction of sp³-hybridized carbons (Fsp3) is 0.192. The van der Waals surface area contributed by atoms with E-state index in [4.69, 9.17) is 4.98 Å². The smallest absolute Gasteiger partial charge is 0.308 e. The minimum Gasteiger partial charge on any atom is -0.308 e. The van der Waals surface area contributed by atoms with Crippen LogP contribution >= 0.6 is 0 Å². The second-order valence-corrected chi connectivity index (χ2v) is 8.98. The molecule has 0 bridgehead atoms. The van der Waals surface area contributed by atoms with Gasteiger partial charge in [0, 0.05) is 16.8 Å². The number of nitrogens with one attached hydrogen (secondary N) is 3. The fourth-order valence-corrected chi connectivity index (χ4v) is 3.57. The lowest BCUT2D eigenvalue weighted by molar-refractivity contribution is 0.262. The van der Waals surface area contributed by atoms with Gasteiger partial charge in [-0.15, -0.1) is 0 Å². The van der Waals surface area contributed by atoms with Crippen LogP contribution in [0.5, 0.6) is 0 Å². The summed E-state index contributed by atoms with van der Waals surface area (Å²) in [5.41, 5.74) is 5.73. The maximum atomic E-state index is 13.9. The molecule has 7 heteroatoms. The second-order valence-electron chi connectivity index (χ2n) is 8.98. The van der Waals surface area contributed by atoms with E-state index in [1.54, 1.807) is 30.3 Å². The van der Waals surface area contributed by atoms with Crippen LogP contribution in [0.3, 0.4) is 0 Å². The van der Waals surface area contributed by atoms with Crippen LogP contribution < -0.4 is 10.6 Å². The van der Waals surface area contributed by atoms with E-state index in [1.807, 2.05) is 19.1 Å². The zero-order valence-corrected chi connectivity index (χ0v) is 19.1. The summed E-state index contributed by atoms with van der Waals surface area (Å²) in [7, 11) is 0. The summed E-state index contributed by atoms with van der Waals surface area (Å²) >= 11 is 0. The van der Waals surface area contributed by atoms with Crippen molar-refractivity contribution in [3.05, 3.63) is 77.9 Å². The summed E-state index contributed by atoms with van der Waals surface area (Å²) in [4.78, 5) is 17.1. The molecule has 0 saturated carbocycles. The normalized spacial score (nSPS) is 11.4. The van der Waals surface area contributed by atoms with Crippen LogP contribution in [-0.2, 0) is 5.41 Å². The summed E-state index contributed by atoms with van der Waals surface area (Å²) in [6, 6.07) is 13.6. The first-order valence-corrected chi connectivity index (χ1v) is 10.6. The Morgan fingerprint density at radius 3 is 2.48 bits per heavy atom. The highest BCUT2D eigenvalue weighted by Gasteiger charge is 2.21. The van der Waals surface area contributed by atoms with Crippen molar-refractivity contribution in [2.24, 2.45) is 0 Å². The zero-order chi connectivity index (χ0) is 23.8. The van der Waals surface area contributed by atoms with Gasteiger partial charge < -0.3 is 10.6 Å². The van der Waals surface area contributed by atoms with Crippen molar-refractivity contribution >= 4 is 34.5 Å². The number of aryl methyl sites for hydroxylation is 1. The minimum atomic E-state index is -0.516. The molecule has 33 heavy (non-hydrogen) atoms. The molecule has 168 valence electrons. The molecule has 0 spiro atoms. The molecule has 2 aromatic heterocycles. The minimum absolute atomic E-state index is 0.134. The Labute approximate surface area is 192 Å². The standard InChI is InChI=1S/C26H26FN5O/c1-6-20-23-18(14-22(26(3,4)5)30-24(23)32-31-20)16-8-10-17(11-9-16)28-25(33)29-21-13-15(2)7-12-19(21)27/h6-14H,1H2,2-5H3,(H2,28,29,33)(H,30,31,32). The van der Waals surface area contributed by atoms with Gasteiger partial charge in [0.15, 0.2) is 5.65 Å². The third-order valence-electron chi connectivity index (χ3n) is 5.34. The Morgan fingerprint density at radius 2 is 1.82 bits per heavy atom. The monoisotopic (exact) mass is 443 g/mol. The number of hydrogen-bond acceptors (Lipinski definition) is 3. The molecule has 0 radical (unpaired) electrons. The second kappa shape index (κ2) is 8.50. The molecule has 0 aliphatic carbocycles. The van der Waals surface area contributed by atoms with Crippen molar-refractivity contribution in [3.8, 4) is 11.1 Å². The number of carbonyl (C=O) groups is 1.